The number of hydrogen-bond donors (Lipinski definition) is 1. The molecular formula is C11H8FNO3. The third kappa shape index (κ3) is 1.67. The van der Waals surface area contributed by atoms with Gasteiger partial charge in [-0.1, -0.05) is 6.07 Å². The molecule has 0 fully saturated rings. The van der Waals surface area contributed by atoms with Gasteiger partial charge in [-0.3, -0.25) is 0 Å². The first-order valence-electron chi connectivity index (χ1n) is 4.53. The Morgan fingerprint density at radius 3 is 2.88 bits per heavy atom. The summed E-state index contributed by atoms with van der Waals surface area (Å²) in [6, 6.07) is 4.45. The van der Waals surface area contributed by atoms with Gasteiger partial charge in [-0.25, -0.2) is 14.2 Å². The highest BCUT2D eigenvalue weighted by Gasteiger charge is 2.19. The molecule has 0 aliphatic heterocycles. The number of hydrogen-bond acceptors (Lipinski definition) is 3. The number of rotatable bonds is 2. The van der Waals surface area contributed by atoms with Crippen LogP contribution >= 0.6 is 0 Å². The van der Waals surface area contributed by atoms with E-state index in [0.29, 0.717) is 0 Å². The van der Waals surface area contributed by atoms with Gasteiger partial charge in [-0.05, 0) is 24.6 Å². The first kappa shape index (κ1) is 10.4. The molecule has 0 aliphatic rings. The Bertz CT molecular complexity index is 548. The lowest BCUT2D eigenvalue weighted by molar-refractivity contribution is 0.0691. The van der Waals surface area contributed by atoms with E-state index in [1.54, 1.807) is 13.0 Å². The lowest BCUT2D eigenvalue weighted by Crippen LogP contribution is -1.99. The molecule has 2 aromatic rings. The van der Waals surface area contributed by atoms with E-state index in [2.05, 4.69) is 4.98 Å². The summed E-state index contributed by atoms with van der Waals surface area (Å²) >= 11 is 0. The number of aromatic carboxylic acids is 1. The summed E-state index contributed by atoms with van der Waals surface area (Å²) in [5.41, 5.74) is 0.556. The second kappa shape index (κ2) is 3.77. The highest BCUT2D eigenvalue weighted by molar-refractivity contribution is 5.92. The van der Waals surface area contributed by atoms with Crippen LogP contribution < -0.4 is 0 Å². The number of oxazole rings is 1. The van der Waals surface area contributed by atoms with Gasteiger partial charge in [-0.2, -0.15) is 0 Å². The Kier molecular flexibility index (Phi) is 2.44. The number of nitrogens with zero attached hydrogens (tertiary/aromatic N) is 1. The number of carbonyl (C=O) groups is 1. The van der Waals surface area contributed by atoms with E-state index in [9.17, 15) is 9.18 Å². The molecule has 16 heavy (non-hydrogen) atoms. The molecule has 2 rings (SSSR count). The zero-order valence-electron chi connectivity index (χ0n) is 8.40. The predicted molar refractivity (Wildman–Crippen MR) is 53.6 cm³/mol. The van der Waals surface area contributed by atoms with Crippen LogP contribution in [0, 0.1) is 12.7 Å². The van der Waals surface area contributed by atoms with Crippen LogP contribution in [0.2, 0.25) is 0 Å². The van der Waals surface area contributed by atoms with Crippen LogP contribution in [0.25, 0.3) is 11.3 Å². The van der Waals surface area contributed by atoms with Crippen LogP contribution in [0.5, 0.6) is 0 Å². The Morgan fingerprint density at radius 2 is 2.25 bits per heavy atom. The van der Waals surface area contributed by atoms with Crippen molar-refractivity contribution in [1.29, 1.82) is 0 Å². The lowest BCUT2D eigenvalue weighted by atomic mass is 10.1. The summed E-state index contributed by atoms with van der Waals surface area (Å²) in [4.78, 5) is 14.3. The Balaban J connectivity index is 2.59. The largest absolute Gasteiger partial charge is 0.476 e. The van der Waals surface area contributed by atoms with Gasteiger partial charge in [0.15, 0.2) is 17.8 Å². The van der Waals surface area contributed by atoms with Gasteiger partial charge in [0.1, 0.15) is 5.82 Å². The van der Waals surface area contributed by atoms with E-state index in [-0.39, 0.29) is 17.0 Å². The maximum absolute atomic E-state index is 13.6. The Hall–Kier alpha value is -2.17. The third-order valence-corrected chi connectivity index (χ3v) is 2.14. The second-order valence-electron chi connectivity index (χ2n) is 3.32. The standard InChI is InChI=1S/C11H8FNO3/c1-6-2-3-7(8(12)4-6)10-9(11(14)15)13-5-16-10/h2-5H,1H3,(H,14,15). The van der Waals surface area contributed by atoms with Gasteiger partial charge in [0.25, 0.3) is 0 Å². The molecule has 0 unspecified atom stereocenters. The van der Waals surface area contributed by atoms with E-state index < -0.39 is 11.8 Å². The van der Waals surface area contributed by atoms with Crippen molar-refractivity contribution in [2.45, 2.75) is 6.92 Å². The van der Waals surface area contributed by atoms with Crippen molar-refractivity contribution in [3.8, 4) is 11.3 Å². The number of aromatic nitrogens is 1. The third-order valence-electron chi connectivity index (χ3n) is 2.14. The maximum atomic E-state index is 13.6. The van der Waals surface area contributed by atoms with Gasteiger partial charge < -0.3 is 9.52 Å². The molecule has 0 spiro atoms. The fraction of sp³-hybridized carbons (Fsp3) is 0.0909. The number of aryl methyl sites for hydroxylation is 1. The molecule has 1 heterocycles. The topological polar surface area (TPSA) is 63.3 Å². The molecule has 0 radical (unpaired) electrons. The molecule has 0 bridgehead atoms. The van der Waals surface area contributed by atoms with Crippen molar-refractivity contribution >= 4 is 5.97 Å². The fourth-order valence-corrected chi connectivity index (χ4v) is 1.39. The first-order valence-corrected chi connectivity index (χ1v) is 4.53. The van der Waals surface area contributed by atoms with Crippen molar-refractivity contribution in [2.24, 2.45) is 0 Å². The van der Waals surface area contributed by atoms with Gasteiger partial charge in [0, 0.05) is 0 Å². The number of benzene rings is 1. The molecule has 1 N–H and O–H groups in total. The SMILES string of the molecule is Cc1ccc(-c2ocnc2C(=O)O)c(F)c1. The van der Waals surface area contributed by atoms with Gasteiger partial charge in [0.05, 0.1) is 5.56 Å². The fourth-order valence-electron chi connectivity index (χ4n) is 1.39. The van der Waals surface area contributed by atoms with Crippen molar-refractivity contribution in [3.05, 3.63) is 41.7 Å². The molecular weight excluding hydrogens is 213 g/mol. The summed E-state index contributed by atoms with van der Waals surface area (Å²) in [5.74, 6) is -1.84. The molecule has 0 amide bonds. The zero-order chi connectivity index (χ0) is 11.7. The molecule has 4 nitrogen and oxygen atoms in total. The van der Waals surface area contributed by atoms with Crippen LogP contribution in [0.4, 0.5) is 4.39 Å². The summed E-state index contributed by atoms with van der Waals surface area (Å²) in [6.07, 6.45) is 0.984. The molecule has 5 heteroatoms. The van der Waals surface area contributed by atoms with Gasteiger partial charge >= 0.3 is 5.97 Å². The van der Waals surface area contributed by atoms with Gasteiger partial charge in [-0.15, -0.1) is 0 Å². The summed E-state index contributed by atoms with van der Waals surface area (Å²) in [6.45, 7) is 1.74. The lowest BCUT2D eigenvalue weighted by Gasteiger charge is -2.01. The van der Waals surface area contributed by atoms with Crippen LogP contribution in [0.1, 0.15) is 16.1 Å². The first-order chi connectivity index (χ1) is 7.59. The predicted octanol–water partition coefficient (Wildman–Crippen LogP) is 2.49. The summed E-state index contributed by atoms with van der Waals surface area (Å²) in [7, 11) is 0. The molecule has 1 aromatic heterocycles. The normalized spacial score (nSPS) is 10.4. The quantitative estimate of drug-likeness (QED) is 0.846. The summed E-state index contributed by atoms with van der Waals surface area (Å²) in [5, 5.41) is 8.82. The molecule has 0 aliphatic carbocycles. The molecule has 0 saturated carbocycles. The molecule has 0 atom stereocenters. The average molecular weight is 221 g/mol. The van der Waals surface area contributed by atoms with E-state index in [1.807, 2.05) is 0 Å². The van der Waals surface area contributed by atoms with Crippen molar-refractivity contribution in [3.63, 3.8) is 0 Å². The number of carboxylic acid groups (broad SMARTS) is 1. The summed E-state index contributed by atoms with van der Waals surface area (Å²) < 4.78 is 18.5. The van der Waals surface area contributed by atoms with E-state index in [4.69, 9.17) is 9.52 Å². The van der Waals surface area contributed by atoms with Crippen LogP contribution in [-0.2, 0) is 0 Å². The van der Waals surface area contributed by atoms with Crippen molar-refractivity contribution < 1.29 is 18.7 Å². The zero-order valence-corrected chi connectivity index (χ0v) is 8.40. The van der Waals surface area contributed by atoms with Crippen molar-refractivity contribution in [1.82, 2.24) is 4.98 Å². The number of carboxylic acids is 1. The minimum Gasteiger partial charge on any atom is -0.476 e. The number of halogens is 1. The molecule has 82 valence electrons. The maximum Gasteiger partial charge on any atom is 0.358 e. The van der Waals surface area contributed by atoms with Gasteiger partial charge in [0.2, 0.25) is 0 Å². The second-order valence-corrected chi connectivity index (χ2v) is 3.32. The Morgan fingerprint density at radius 1 is 1.50 bits per heavy atom. The van der Waals surface area contributed by atoms with Crippen molar-refractivity contribution in [2.75, 3.05) is 0 Å². The molecule has 1 aromatic carbocycles. The highest BCUT2D eigenvalue weighted by atomic mass is 19.1. The minimum absolute atomic E-state index is 0.0648. The van der Waals surface area contributed by atoms with E-state index >= 15 is 0 Å². The highest BCUT2D eigenvalue weighted by Crippen LogP contribution is 2.26. The Labute approximate surface area is 90.4 Å². The minimum atomic E-state index is -1.25. The van der Waals surface area contributed by atoms with Crippen LogP contribution in [0.3, 0.4) is 0 Å². The van der Waals surface area contributed by atoms with E-state index in [0.717, 1.165) is 12.0 Å². The average Bonchev–Trinajstić information content (AvgIpc) is 2.66. The molecule has 0 saturated heterocycles. The monoisotopic (exact) mass is 221 g/mol. The van der Waals surface area contributed by atoms with Crippen LogP contribution in [-0.4, -0.2) is 16.1 Å². The smallest absolute Gasteiger partial charge is 0.358 e. The van der Waals surface area contributed by atoms with E-state index in [1.165, 1.54) is 12.1 Å². The van der Waals surface area contributed by atoms with Crippen LogP contribution in [0.15, 0.2) is 29.0 Å².